The van der Waals surface area contributed by atoms with Crippen molar-refractivity contribution in [1.29, 1.82) is 5.41 Å². The van der Waals surface area contributed by atoms with Crippen molar-refractivity contribution in [1.82, 2.24) is 5.32 Å². The van der Waals surface area contributed by atoms with Gasteiger partial charge in [0.25, 0.3) is 0 Å². The van der Waals surface area contributed by atoms with Crippen molar-refractivity contribution in [2.24, 2.45) is 11.1 Å². The van der Waals surface area contributed by atoms with Crippen LogP contribution >= 0.6 is 0 Å². The Morgan fingerprint density at radius 3 is 2.75 bits per heavy atom. The molecule has 4 N–H and O–H groups in total. The lowest BCUT2D eigenvalue weighted by atomic mass is 10.2. The largest absolute Gasteiger partial charge is 0.370 e. The minimum atomic E-state index is 0.232. The number of nitrogens with one attached hydrogen (secondary N) is 2. The molecule has 5 nitrogen and oxygen atoms in total. The third-order valence-electron chi connectivity index (χ3n) is 1.28. The lowest BCUT2D eigenvalue weighted by molar-refractivity contribution is 0.149. The zero-order valence-electron chi connectivity index (χ0n) is 7.35. The van der Waals surface area contributed by atoms with Crippen LogP contribution in [0, 0.1) is 5.41 Å². The molecule has 0 saturated heterocycles. The van der Waals surface area contributed by atoms with Crippen molar-refractivity contribution >= 4 is 11.5 Å². The monoisotopic (exact) mass is 170 g/mol. The maximum absolute atomic E-state index is 7.42. The van der Waals surface area contributed by atoms with Gasteiger partial charge >= 0.3 is 0 Å². The first-order chi connectivity index (χ1) is 5.63. The summed E-state index contributed by atoms with van der Waals surface area (Å²) in [5, 5.41) is 13.6. The number of nitrogens with zero attached hydrogens (tertiary/aromatic N) is 1. The van der Waals surface area contributed by atoms with E-state index in [9.17, 15) is 0 Å². The molecule has 0 spiro atoms. The van der Waals surface area contributed by atoms with Crippen LogP contribution in [0.4, 0.5) is 0 Å². The Balaban J connectivity index is 4.19. The SMILES string of the molecule is C=C(C(=N)NCC)/C(C)=N\ON. The second-order valence-corrected chi connectivity index (χ2v) is 2.17. The van der Waals surface area contributed by atoms with Gasteiger partial charge < -0.3 is 10.3 Å². The van der Waals surface area contributed by atoms with Crippen LogP contribution in [0.2, 0.25) is 0 Å². The van der Waals surface area contributed by atoms with Gasteiger partial charge in [0.05, 0.1) is 5.71 Å². The van der Waals surface area contributed by atoms with Crippen molar-refractivity contribution in [3.05, 3.63) is 12.2 Å². The summed E-state index contributed by atoms with van der Waals surface area (Å²) in [6, 6.07) is 0. The van der Waals surface area contributed by atoms with E-state index in [1.165, 1.54) is 0 Å². The van der Waals surface area contributed by atoms with Crippen molar-refractivity contribution in [3.63, 3.8) is 0 Å². The number of likely N-dealkylation sites (N-methyl/N-ethyl adjacent to an activating group) is 1. The Morgan fingerprint density at radius 2 is 2.33 bits per heavy atom. The van der Waals surface area contributed by atoms with Crippen molar-refractivity contribution < 1.29 is 4.94 Å². The quantitative estimate of drug-likeness (QED) is 0.324. The minimum Gasteiger partial charge on any atom is -0.370 e. The van der Waals surface area contributed by atoms with Crippen LogP contribution in [-0.2, 0) is 4.94 Å². The van der Waals surface area contributed by atoms with Gasteiger partial charge in [0, 0.05) is 12.1 Å². The molecular weight excluding hydrogens is 156 g/mol. The number of rotatable bonds is 4. The molecule has 12 heavy (non-hydrogen) atoms. The second-order valence-electron chi connectivity index (χ2n) is 2.17. The standard InChI is InChI=1S/C7H14N4O/c1-4-10-7(8)5(2)6(3)11-12-9/h2,4,9H2,1,3H3,(H2,8,10)/b11-6-. The summed E-state index contributed by atoms with van der Waals surface area (Å²) in [5.41, 5.74) is 0.964. The zero-order valence-corrected chi connectivity index (χ0v) is 7.35. The normalized spacial score (nSPS) is 10.8. The van der Waals surface area contributed by atoms with Crippen molar-refractivity contribution in [2.75, 3.05) is 6.54 Å². The van der Waals surface area contributed by atoms with E-state index in [0.717, 1.165) is 0 Å². The topological polar surface area (TPSA) is 83.5 Å². The van der Waals surface area contributed by atoms with E-state index in [1.54, 1.807) is 6.92 Å². The first kappa shape index (κ1) is 10.6. The molecule has 0 rings (SSSR count). The summed E-state index contributed by atoms with van der Waals surface area (Å²) in [5.74, 6) is 4.95. The average Bonchev–Trinajstić information content (AvgIpc) is 2.04. The molecule has 0 aliphatic heterocycles. The first-order valence-corrected chi connectivity index (χ1v) is 3.56. The molecule has 0 saturated carbocycles. The molecule has 0 bridgehead atoms. The molecule has 0 aliphatic rings. The van der Waals surface area contributed by atoms with Crippen LogP contribution in [0.1, 0.15) is 13.8 Å². The van der Waals surface area contributed by atoms with Crippen LogP contribution in [0.3, 0.4) is 0 Å². The van der Waals surface area contributed by atoms with Gasteiger partial charge in [-0.05, 0) is 13.8 Å². The summed E-state index contributed by atoms with van der Waals surface area (Å²) in [6.07, 6.45) is 0. The Bertz CT molecular complexity index is 209. The zero-order chi connectivity index (χ0) is 9.56. The lowest BCUT2D eigenvalue weighted by Gasteiger charge is -2.06. The molecule has 0 aliphatic carbocycles. The van der Waals surface area contributed by atoms with Crippen LogP contribution in [0.25, 0.3) is 0 Å². The van der Waals surface area contributed by atoms with Gasteiger partial charge in [-0.2, -0.15) is 0 Å². The van der Waals surface area contributed by atoms with Gasteiger partial charge in [-0.15, -0.1) is 5.90 Å². The third-order valence-corrected chi connectivity index (χ3v) is 1.28. The summed E-state index contributed by atoms with van der Waals surface area (Å²) in [6.45, 7) is 7.88. The second kappa shape index (κ2) is 5.31. The Hall–Kier alpha value is -1.36. The third kappa shape index (κ3) is 3.16. The molecule has 0 aromatic rings. The lowest BCUT2D eigenvalue weighted by Crippen LogP contribution is -2.26. The van der Waals surface area contributed by atoms with Crippen LogP contribution in [0.15, 0.2) is 17.3 Å². The molecule has 0 unspecified atom stereocenters. The van der Waals surface area contributed by atoms with Gasteiger partial charge in [0.15, 0.2) is 0 Å². The highest BCUT2D eigenvalue weighted by molar-refractivity contribution is 6.21. The summed E-state index contributed by atoms with van der Waals surface area (Å²) in [4.78, 5) is 4.06. The van der Waals surface area contributed by atoms with Gasteiger partial charge in [0.1, 0.15) is 5.84 Å². The van der Waals surface area contributed by atoms with Crippen molar-refractivity contribution in [3.8, 4) is 0 Å². The molecule has 0 aromatic heterocycles. The van der Waals surface area contributed by atoms with Gasteiger partial charge in [0.2, 0.25) is 0 Å². The molecule has 0 radical (unpaired) electrons. The average molecular weight is 170 g/mol. The molecule has 5 heteroatoms. The highest BCUT2D eigenvalue weighted by Gasteiger charge is 2.04. The fourth-order valence-electron chi connectivity index (χ4n) is 0.599. The molecule has 0 aromatic carbocycles. The molecule has 0 atom stereocenters. The Morgan fingerprint density at radius 1 is 1.75 bits per heavy atom. The van der Waals surface area contributed by atoms with Crippen LogP contribution < -0.4 is 11.2 Å². The van der Waals surface area contributed by atoms with E-state index in [2.05, 4.69) is 22.0 Å². The molecule has 0 amide bonds. The van der Waals surface area contributed by atoms with Gasteiger partial charge in [-0.1, -0.05) is 11.7 Å². The maximum atomic E-state index is 7.42. The van der Waals surface area contributed by atoms with E-state index in [0.29, 0.717) is 17.8 Å². The Labute approximate surface area is 71.7 Å². The van der Waals surface area contributed by atoms with E-state index in [1.807, 2.05) is 6.92 Å². The fourth-order valence-corrected chi connectivity index (χ4v) is 0.599. The minimum absolute atomic E-state index is 0.232. The van der Waals surface area contributed by atoms with E-state index in [4.69, 9.17) is 11.3 Å². The van der Waals surface area contributed by atoms with E-state index < -0.39 is 0 Å². The molecular formula is C7H14N4O. The number of nitrogens with two attached hydrogens (primary N) is 1. The predicted molar refractivity (Wildman–Crippen MR) is 48.9 cm³/mol. The van der Waals surface area contributed by atoms with Gasteiger partial charge in [-0.3, -0.25) is 5.41 Å². The summed E-state index contributed by atoms with van der Waals surface area (Å²) >= 11 is 0. The van der Waals surface area contributed by atoms with Crippen LogP contribution in [0.5, 0.6) is 0 Å². The maximum Gasteiger partial charge on any atom is 0.126 e. The molecule has 0 heterocycles. The predicted octanol–water partition coefficient (Wildman–Crippen LogP) is 0.396. The smallest absolute Gasteiger partial charge is 0.126 e. The van der Waals surface area contributed by atoms with Crippen LogP contribution in [-0.4, -0.2) is 18.1 Å². The highest BCUT2D eigenvalue weighted by atomic mass is 16.7. The van der Waals surface area contributed by atoms with Gasteiger partial charge in [-0.25, -0.2) is 0 Å². The number of hydrogen-bond donors (Lipinski definition) is 3. The summed E-state index contributed by atoms with van der Waals surface area (Å²) in [7, 11) is 0. The highest BCUT2D eigenvalue weighted by Crippen LogP contribution is 1.94. The van der Waals surface area contributed by atoms with Crippen molar-refractivity contribution in [2.45, 2.75) is 13.8 Å². The molecule has 0 fully saturated rings. The number of hydrogen-bond acceptors (Lipinski definition) is 4. The number of oxime groups is 1. The first-order valence-electron chi connectivity index (χ1n) is 3.56. The van der Waals surface area contributed by atoms with E-state index in [-0.39, 0.29) is 5.84 Å². The Kier molecular flexibility index (Phi) is 4.71. The van der Waals surface area contributed by atoms with E-state index >= 15 is 0 Å². The summed E-state index contributed by atoms with van der Waals surface area (Å²) < 4.78 is 0. The number of amidine groups is 1. The fraction of sp³-hybridized carbons (Fsp3) is 0.429. The molecule has 68 valence electrons.